The molecule has 3 N–H and O–H groups in total. The van der Waals surface area contributed by atoms with Gasteiger partial charge in [0.2, 0.25) is 5.13 Å². The van der Waals surface area contributed by atoms with Crippen molar-refractivity contribution in [3.63, 3.8) is 0 Å². The molecule has 90 valence electrons. The van der Waals surface area contributed by atoms with Gasteiger partial charge in [-0.3, -0.25) is 0 Å². The number of benzene rings is 1. The molecule has 1 heterocycles. The maximum Gasteiger partial charge on any atom is 0.207 e. The first-order valence-corrected chi connectivity index (χ1v) is 6.36. The maximum atomic E-state index is 5.55. The van der Waals surface area contributed by atoms with Crippen LogP contribution in [-0.4, -0.2) is 9.36 Å². The number of hydrogen-bond acceptors (Lipinski definition) is 5. The molecule has 0 bridgehead atoms. The molecule has 0 atom stereocenters. The third-order valence-corrected chi connectivity index (χ3v) is 3.04. The zero-order valence-electron chi connectivity index (χ0n) is 9.97. The molecule has 0 fully saturated rings. The molecule has 0 saturated heterocycles. The normalized spacial score (nSPS) is 10.8. The molecule has 0 aliphatic heterocycles. The number of anilines is 2. The van der Waals surface area contributed by atoms with Gasteiger partial charge in [0.15, 0.2) is 0 Å². The molecule has 0 amide bonds. The van der Waals surface area contributed by atoms with Gasteiger partial charge in [0.25, 0.3) is 0 Å². The van der Waals surface area contributed by atoms with Crippen LogP contribution in [0.2, 0.25) is 0 Å². The van der Waals surface area contributed by atoms with Crippen LogP contribution in [0.5, 0.6) is 0 Å². The van der Waals surface area contributed by atoms with Crippen LogP contribution in [0.1, 0.15) is 31.2 Å². The van der Waals surface area contributed by atoms with Crippen LogP contribution in [0.15, 0.2) is 24.3 Å². The second-order valence-corrected chi connectivity index (χ2v) is 4.89. The Bertz CT molecular complexity index is 476. The lowest BCUT2D eigenvalue weighted by molar-refractivity contribution is 0.800. The van der Waals surface area contributed by atoms with Gasteiger partial charge in [0.1, 0.15) is 5.82 Å². The molecule has 2 rings (SSSR count). The number of nitrogens with zero attached hydrogens (tertiary/aromatic N) is 2. The molecule has 0 aliphatic rings. The number of rotatable bonds is 4. The van der Waals surface area contributed by atoms with E-state index in [4.69, 9.17) is 5.73 Å². The van der Waals surface area contributed by atoms with Crippen LogP contribution in [0.4, 0.5) is 10.8 Å². The average Bonchev–Trinajstić information content (AvgIpc) is 2.79. The highest BCUT2D eigenvalue weighted by Gasteiger charge is 2.07. The topological polar surface area (TPSA) is 63.8 Å². The van der Waals surface area contributed by atoms with E-state index in [0.29, 0.717) is 12.5 Å². The third kappa shape index (κ3) is 3.01. The first kappa shape index (κ1) is 12.0. The van der Waals surface area contributed by atoms with Crippen LogP contribution in [0.25, 0.3) is 0 Å². The maximum absolute atomic E-state index is 5.55. The number of hydrogen-bond donors (Lipinski definition) is 2. The summed E-state index contributed by atoms with van der Waals surface area (Å²) in [7, 11) is 0. The minimum Gasteiger partial charge on any atom is -0.330 e. The van der Waals surface area contributed by atoms with E-state index < -0.39 is 0 Å². The van der Waals surface area contributed by atoms with Crippen LogP contribution < -0.4 is 11.1 Å². The van der Waals surface area contributed by atoms with E-state index in [9.17, 15) is 0 Å². The summed E-state index contributed by atoms with van der Waals surface area (Å²) < 4.78 is 4.29. The highest BCUT2D eigenvalue weighted by molar-refractivity contribution is 7.09. The Morgan fingerprint density at radius 2 is 2.00 bits per heavy atom. The average molecular weight is 248 g/mol. The van der Waals surface area contributed by atoms with Crippen molar-refractivity contribution in [2.24, 2.45) is 5.73 Å². The molecule has 17 heavy (non-hydrogen) atoms. The molecule has 0 radical (unpaired) electrons. The van der Waals surface area contributed by atoms with Crippen molar-refractivity contribution in [2.75, 3.05) is 5.32 Å². The fourth-order valence-corrected chi connectivity index (χ4v) is 2.10. The van der Waals surface area contributed by atoms with Gasteiger partial charge < -0.3 is 11.1 Å². The summed E-state index contributed by atoms with van der Waals surface area (Å²) in [5.41, 5.74) is 7.68. The lowest BCUT2D eigenvalue weighted by Crippen LogP contribution is -1.96. The quantitative estimate of drug-likeness (QED) is 0.873. The van der Waals surface area contributed by atoms with Gasteiger partial charge >= 0.3 is 0 Å². The monoisotopic (exact) mass is 248 g/mol. The van der Waals surface area contributed by atoms with Crippen molar-refractivity contribution in [1.29, 1.82) is 0 Å². The molecule has 0 aliphatic carbocycles. The molecule has 0 unspecified atom stereocenters. The number of nitrogens with two attached hydrogens (primary N) is 1. The Labute approximate surface area is 105 Å². The SMILES string of the molecule is CC(C)c1nsc(Nc2ccc(CN)cc2)n1. The van der Waals surface area contributed by atoms with Crippen molar-refractivity contribution >= 4 is 22.4 Å². The predicted octanol–water partition coefficient (Wildman–Crippen LogP) is 2.86. The summed E-state index contributed by atoms with van der Waals surface area (Å²) >= 11 is 1.39. The molecular weight excluding hydrogens is 232 g/mol. The van der Waals surface area contributed by atoms with Crippen LogP contribution in [0.3, 0.4) is 0 Å². The Kier molecular flexibility index (Phi) is 3.71. The van der Waals surface area contributed by atoms with E-state index in [1.54, 1.807) is 0 Å². The van der Waals surface area contributed by atoms with Crippen molar-refractivity contribution in [2.45, 2.75) is 26.3 Å². The molecule has 0 spiro atoms. The predicted molar refractivity (Wildman–Crippen MR) is 71.6 cm³/mol. The minimum absolute atomic E-state index is 0.362. The van der Waals surface area contributed by atoms with Crippen LogP contribution in [-0.2, 0) is 6.54 Å². The molecule has 0 saturated carbocycles. The zero-order chi connectivity index (χ0) is 12.3. The van der Waals surface area contributed by atoms with Gasteiger partial charge in [0.05, 0.1) is 0 Å². The summed E-state index contributed by atoms with van der Waals surface area (Å²) in [6.45, 7) is 4.74. The Hall–Kier alpha value is -1.46. The zero-order valence-corrected chi connectivity index (χ0v) is 10.8. The summed E-state index contributed by atoms with van der Waals surface area (Å²) in [5, 5.41) is 4.06. The second-order valence-electron chi connectivity index (χ2n) is 4.14. The van der Waals surface area contributed by atoms with Gasteiger partial charge in [-0.15, -0.1) is 0 Å². The Morgan fingerprint density at radius 3 is 2.53 bits per heavy atom. The lowest BCUT2D eigenvalue weighted by atomic mass is 10.2. The minimum atomic E-state index is 0.362. The molecule has 1 aromatic carbocycles. The lowest BCUT2D eigenvalue weighted by Gasteiger charge is -2.03. The molecule has 4 nitrogen and oxygen atoms in total. The van der Waals surface area contributed by atoms with Gasteiger partial charge in [0, 0.05) is 29.7 Å². The van der Waals surface area contributed by atoms with Gasteiger partial charge in [-0.2, -0.15) is 4.37 Å². The van der Waals surface area contributed by atoms with E-state index in [1.807, 2.05) is 24.3 Å². The summed E-state index contributed by atoms with van der Waals surface area (Å²) in [4.78, 5) is 4.42. The van der Waals surface area contributed by atoms with Crippen LogP contribution in [0, 0.1) is 0 Å². The number of nitrogens with one attached hydrogen (secondary N) is 1. The molecule has 2 aromatic rings. The van der Waals surface area contributed by atoms with Crippen LogP contribution >= 0.6 is 11.5 Å². The summed E-state index contributed by atoms with van der Waals surface area (Å²) in [5.74, 6) is 1.25. The molecule has 5 heteroatoms. The van der Waals surface area contributed by atoms with Gasteiger partial charge in [-0.25, -0.2) is 4.98 Å². The smallest absolute Gasteiger partial charge is 0.207 e. The fraction of sp³-hybridized carbons (Fsp3) is 0.333. The molecular formula is C12H16N4S. The second kappa shape index (κ2) is 5.25. The van der Waals surface area contributed by atoms with E-state index in [1.165, 1.54) is 11.5 Å². The number of aromatic nitrogens is 2. The Balaban J connectivity index is 2.08. The standard InChI is InChI=1S/C12H16N4S/c1-8(2)11-15-12(17-16-11)14-10-5-3-9(7-13)4-6-10/h3-6,8H,7,13H2,1-2H3,(H,14,15,16). The van der Waals surface area contributed by atoms with E-state index in [2.05, 4.69) is 28.5 Å². The van der Waals surface area contributed by atoms with Crippen molar-refractivity contribution in [1.82, 2.24) is 9.36 Å². The molecule has 1 aromatic heterocycles. The summed E-state index contributed by atoms with van der Waals surface area (Å²) in [6.07, 6.45) is 0. The first-order valence-electron chi connectivity index (χ1n) is 5.58. The van der Waals surface area contributed by atoms with Crippen molar-refractivity contribution < 1.29 is 0 Å². The first-order chi connectivity index (χ1) is 8.19. The van der Waals surface area contributed by atoms with Gasteiger partial charge in [-0.1, -0.05) is 26.0 Å². The largest absolute Gasteiger partial charge is 0.330 e. The highest BCUT2D eigenvalue weighted by Crippen LogP contribution is 2.21. The van der Waals surface area contributed by atoms with E-state index >= 15 is 0 Å². The Morgan fingerprint density at radius 1 is 1.29 bits per heavy atom. The highest BCUT2D eigenvalue weighted by atomic mass is 32.1. The van der Waals surface area contributed by atoms with Gasteiger partial charge in [-0.05, 0) is 17.7 Å². The van der Waals surface area contributed by atoms with Crippen molar-refractivity contribution in [3.8, 4) is 0 Å². The third-order valence-electron chi connectivity index (χ3n) is 2.40. The fourth-order valence-electron chi connectivity index (χ4n) is 1.37. The van der Waals surface area contributed by atoms with E-state index in [0.717, 1.165) is 22.2 Å². The summed E-state index contributed by atoms with van der Waals surface area (Å²) in [6, 6.07) is 8.01. The van der Waals surface area contributed by atoms with E-state index in [-0.39, 0.29) is 0 Å². The van der Waals surface area contributed by atoms with Crippen molar-refractivity contribution in [3.05, 3.63) is 35.7 Å².